The van der Waals surface area contributed by atoms with E-state index in [9.17, 15) is 0 Å². The van der Waals surface area contributed by atoms with E-state index in [1.807, 2.05) is 11.4 Å². The third-order valence-corrected chi connectivity index (χ3v) is 5.18. The van der Waals surface area contributed by atoms with Crippen molar-refractivity contribution in [3.05, 3.63) is 22.3 Å². The van der Waals surface area contributed by atoms with E-state index in [0.29, 0.717) is 16.7 Å². The molecule has 0 saturated heterocycles. The smallest absolute Gasteiger partial charge is 0.269 e. The highest BCUT2D eigenvalue weighted by Gasteiger charge is 2.36. The van der Waals surface area contributed by atoms with Crippen LogP contribution in [0, 0.1) is 5.92 Å². The van der Waals surface area contributed by atoms with Crippen molar-refractivity contribution in [1.82, 2.24) is 10.1 Å². The summed E-state index contributed by atoms with van der Waals surface area (Å²) in [5.74, 6) is 1.81. The molecule has 0 atom stereocenters. The molecule has 2 aromatic rings. The van der Waals surface area contributed by atoms with Gasteiger partial charge in [-0.2, -0.15) is 4.98 Å². The molecule has 19 heavy (non-hydrogen) atoms. The molecule has 0 unspecified atom stereocenters. The molecule has 0 aromatic carbocycles. The molecule has 1 aliphatic carbocycles. The second kappa shape index (κ2) is 4.89. The average molecular weight is 298 g/mol. The van der Waals surface area contributed by atoms with Gasteiger partial charge in [-0.3, -0.25) is 0 Å². The first-order valence-electron chi connectivity index (χ1n) is 6.45. The zero-order valence-corrected chi connectivity index (χ0v) is 12.3. The third-order valence-electron chi connectivity index (χ3n) is 3.85. The van der Waals surface area contributed by atoms with Crippen LogP contribution in [0.15, 0.2) is 16.0 Å². The molecule has 0 aliphatic heterocycles. The number of aromatic nitrogens is 2. The van der Waals surface area contributed by atoms with Crippen molar-refractivity contribution < 1.29 is 4.52 Å². The van der Waals surface area contributed by atoms with Crippen LogP contribution in [0.1, 0.15) is 38.4 Å². The van der Waals surface area contributed by atoms with Crippen molar-refractivity contribution >= 4 is 22.9 Å². The van der Waals surface area contributed by atoms with Gasteiger partial charge < -0.3 is 10.3 Å². The lowest BCUT2D eigenvalue weighted by molar-refractivity contribution is 0.230. The van der Waals surface area contributed by atoms with Gasteiger partial charge in [0.1, 0.15) is 4.88 Å². The largest absolute Gasteiger partial charge is 0.333 e. The monoisotopic (exact) mass is 297 g/mol. The van der Waals surface area contributed by atoms with Gasteiger partial charge in [-0.15, -0.1) is 11.3 Å². The zero-order chi connectivity index (χ0) is 13.5. The molecule has 102 valence electrons. The maximum Gasteiger partial charge on any atom is 0.269 e. The second-order valence-corrected chi connectivity index (χ2v) is 6.68. The van der Waals surface area contributed by atoms with Crippen LogP contribution in [-0.4, -0.2) is 10.1 Å². The lowest BCUT2D eigenvalue weighted by atomic mass is 9.77. The molecular weight excluding hydrogens is 282 g/mol. The number of rotatable bonds is 2. The van der Waals surface area contributed by atoms with Crippen molar-refractivity contribution in [1.29, 1.82) is 0 Å². The van der Waals surface area contributed by atoms with Gasteiger partial charge in [0.25, 0.3) is 5.89 Å². The second-order valence-electron chi connectivity index (χ2n) is 5.36. The molecule has 1 aliphatic rings. The van der Waals surface area contributed by atoms with Crippen LogP contribution in [0.2, 0.25) is 5.02 Å². The summed E-state index contributed by atoms with van der Waals surface area (Å²) in [5, 5.41) is 6.62. The minimum atomic E-state index is -0.446. The highest BCUT2D eigenvalue weighted by atomic mass is 35.5. The Morgan fingerprint density at radius 2 is 2.21 bits per heavy atom. The summed E-state index contributed by atoms with van der Waals surface area (Å²) in [7, 11) is 0. The van der Waals surface area contributed by atoms with E-state index >= 15 is 0 Å². The van der Waals surface area contributed by atoms with Crippen molar-refractivity contribution in [2.24, 2.45) is 11.7 Å². The zero-order valence-electron chi connectivity index (χ0n) is 10.7. The number of halogens is 1. The summed E-state index contributed by atoms with van der Waals surface area (Å²) < 4.78 is 5.32. The molecule has 2 N–H and O–H groups in total. The van der Waals surface area contributed by atoms with Crippen molar-refractivity contribution in [2.75, 3.05) is 0 Å². The molecule has 0 radical (unpaired) electrons. The van der Waals surface area contributed by atoms with Crippen molar-refractivity contribution in [3.8, 4) is 10.8 Å². The maximum absolute atomic E-state index is 6.43. The van der Waals surface area contributed by atoms with Gasteiger partial charge in [0, 0.05) is 0 Å². The Kier molecular flexibility index (Phi) is 3.37. The predicted molar refractivity (Wildman–Crippen MR) is 76.1 cm³/mol. The van der Waals surface area contributed by atoms with E-state index in [-0.39, 0.29) is 0 Å². The van der Waals surface area contributed by atoms with Gasteiger partial charge >= 0.3 is 0 Å². The van der Waals surface area contributed by atoms with Crippen LogP contribution in [0.3, 0.4) is 0 Å². The lowest BCUT2D eigenvalue weighted by Gasteiger charge is -2.33. The molecule has 3 rings (SSSR count). The summed E-state index contributed by atoms with van der Waals surface area (Å²) in [4.78, 5) is 5.27. The maximum atomic E-state index is 6.43. The Morgan fingerprint density at radius 3 is 2.84 bits per heavy atom. The number of thiophene rings is 1. The highest BCUT2D eigenvalue weighted by molar-refractivity contribution is 7.14. The summed E-state index contributed by atoms with van der Waals surface area (Å²) in [6.45, 7) is 2.26. The number of nitrogens with zero attached hydrogens (tertiary/aromatic N) is 2. The third kappa shape index (κ3) is 2.42. The first-order valence-corrected chi connectivity index (χ1v) is 7.71. The van der Waals surface area contributed by atoms with Crippen LogP contribution in [-0.2, 0) is 5.54 Å². The van der Waals surface area contributed by atoms with E-state index in [2.05, 4.69) is 17.1 Å². The summed E-state index contributed by atoms with van der Waals surface area (Å²) >= 11 is 7.57. The number of nitrogens with two attached hydrogens (primary N) is 1. The topological polar surface area (TPSA) is 64.9 Å². The molecular formula is C13H16ClN3OS. The van der Waals surface area contributed by atoms with E-state index < -0.39 is 5.54 Å². The minimum absolute atomic E-state index is 0.446. The Labute approximate surface area is 121 Å². The molecule has 0 spiro atoms. The standard InChI is InChI=1S/C13H16ClN3OS/c1-8-2-5-13(15,6-3-8)12-16-11(18-17-12)10-9(14)4-7-19-10/h4,7-8H,2-3,5-6,15H2,1H3. The minimum Gasteiger partial charge on any atom is -0.333 e. The number of hydrogen-bond acceptors (Lipinski definition) is 5. The van der Waals surface area contributed by atoms with E-state index in [4.69, 9.17) is 21.9 Å². The summed E-state index contributed by atoms with van der Waals surface area (Å²) in [5.41, 5.74) is 5.99. The van der Waals surface area contributed by atoms with Gasteiger partial charge in [0.2, 0.25) is 0 Å². The molecule has 0 bridgehead atoms. The van der Waals surface area contributed by atoms with Gasteiger partial charge in [0.05, 0.1) is 10.6 Å². The van der Waals surface area contributed by atoms with E-state index in [1.54, 1.807) is 0 Å². The molecule has 2 aromatic heterocycles. The highest BCUT2D eigenvalue weighted by Crippen LogP contribution is 2.38. The van der Waals surface area contributed by atoms with E-state index in [1.165, 1.54) is 11.3 Å². The van der Waals surface area contributed by atoms with Crippen LogP contribution >= 0.6 is 22.9 Å². The fourth-order valence-electron chi connectivity index (χ4n) is 2.47. The van der Waals surface area contributed by atoms with Gasteiger partial charge in [-0.25, -0.2) is 0 Å². The Morgan fingerprint density at radius 1 is 1.47 bits per heavy atom. The van der Waals surface area contributed by atoms with Crippen molar-refractivity contribution in [2.45, 2.75) is 38.1 Å². The van der Waals surface area contributed by atoms with Crippen LogP contribution in [0.4, 0.5) is 0 Å². The first-order chi connectivity index (χ1) is 9.08. The fourth-order valence-corrected chi connectivity index (χ4v) is 3.52. The molecule has 2 heterocycles. The summed E-state index contributed by atoms with van der Waals surface area (Å²) in [6.07, 6.45) is 4.04. The van der Waals surface area contributed by atoms with Crippen LogP contribution in [0.5, 0.6) is 0 Å². The molecule has 0 amide bonds. The van der Waals surface area contributed by atoms with E-state index in [0.717, 1.165) is 36.5 Å². The van der Waals surface area contributed by atoms with Gasteiger partial charge in [0.15, 0.2) is 5.82 Å². The molecule has 6 heteroatoms. The molecule has 1 saturated carbocycles. The van der Waals surface area contributed by atoms with Gasteiger partial charge in [-0.05, 0) is 43.0 Å². The quantitative estimate of drug-likeness (QED) is 0.915. The van der Waals surface area contributed by atoms with Crippen molar-refractivity contribution in [3.63, 3.8) is 0 Å². The first kappa shape index (κ1) is 13.1. The average Bonchev–Trinajstić information content (AvgIpc) is 3.01. The van der Waals surface area contributed by atoms with Gasteiger partial charge in [-0.1, -0.05) is 23.7 Å². The number of hydrogen-bond donors (Lipinski definition) is 1. The fraction of sp³-hybridized carbons (Fsp3) is 0.538. The Balaban J connectivity index is 1.87. The molecule has 1 fully saturated rings. The normalized spacial score (nSPS) is 27.6. The SMILES string of the molecule is CC1CCC(N)(c2noc(-c3sccc3Cl)n2)CC1. The van der Waals surface area contributed by atoms with Crippen LogP contribution in [0.25, 0.3) is 10.8 Å². The lowest BCUT2D eigenvalue weighted by Crippen LogP contribution is -2.41. The summed E-state index contributed by atoms with van der Waals surface area (Å²) in [6, 6.07) is 1.83. The Hall–Kier alpha value is -0.910. The molecule has 4 nitrogen and oxygen atoms in total. The predicted octanol–water partition coefficient (Wildman–Crippen LogP) is 3.82. The Bertz CT molecular complexity index is 572. The van der Waals surface area contributed by atoms with Crippen LogP contribution < -0.4 is 5.73 Å².